The third kappa shape index (κ3) is 3.41. The number of hydrogen-bond donors (Lipinski definition) is 0. The minimum Gasteiger partial charge on any atom is -0.496 e. The van der Waals surface area contributed by atoms with E-state index in [1.54, 1.807) is 13.0 Å². The van der Waals surface area contributed by atoms with Gasteiger partial charge in [-0.1, -0.05) is 12.1 Å². The molecule has 0 saturated heterocycles. The Kier molecular flexibility index (Phi) is 4.99. The highest BCUT2D eigenvalue weighted by Gasteiger charge is 2.25. The normalized spacial score (nSPS) is 11.6. The fourth-order valence-corrected chi connectivity index (χ4v) is 4.93. The molecule has 4 rings (SSSR count). The monoisotopic (exact) mass is 425 g/mol. The SMILES string of the molecule is COc1ccc(S(=O)(=O)c2cnc3ccc(F)cc3c2-c2ccc(F)cc2)cc1C. The summed E-state index contributed by atoms with van der Waals surface area (Å²) in [6.07, 6.45) is 1.26. The summed E-state index contributed by atoms with van der Waals surface area (Å²) >= 11 is 0. The van der Waals surface area contributed by atoms with Gasteiger partial charge in [-0.25, -0.2) is 17.2 Å². The molecule has 1 heterocycles. The van der Waals surface area contributed by atoms with Crippen molar-refractivity contribution in [3.63, 3.8) is 0 Å². The molecule has 1 aromatic heterocycles. The molecule has 0 spiro atoms. The van der Waals surface area contributed by atoms with Crippen LogP contribution in [0, 0.1) is 18.6 Å². The number of rotatable bonds is 4. The maximum Gasteiger partial charge on any atom is 0.208 e. The van der Waals surface area contributed by atoms with Crippen molar-refractivity contribution in [3.05, 3.63) is 84.1 Å². The summed E-state index contributed by atoms with van der Waals surface area (Å²) in [5.74, 6) is -0.424. The zero-order valence-electron chi connectivity index (χ0n) is 16.2. The van der Waals surface area contributed by atoms with Crippen molar-refractivity contribution in [1.82, 2.24) is 4.98 Å². The van der Waals surface area contributed by atoms with Crippen molar-refractivity contribution in [3.8, 4) is 16.9 Å². The molecule has 0 N–H and O–H groups in total. The molecule has 3 aromatic carbocycles. The zero-order valence-corrected chi connectivity index (χ0v) is 17.0. The van der Waals surface area contributed by atoms with Gasteiger partial charge in [0.25, 0.3) is 0 Å². The van der Waals surface area contributed by atoms with Gasteiger partial charge in [0, 0.05) is 17.1 Å². The minimum atomic E-state index is -4.01. The smallest absolute Gasteiger partial charge is 0.208 e. The van der Waals surface area contributed by atoms with Crippen LogP contribution in [0.15, 0.2) is 76.7 Å². The van der Waals surface area contributed by atoms with E-state index in [2.05, 4.69) is 4.98 Å². The first kappa shape index (κ1) is 20.0. The molecule has 4 nitrogen and oxygen atoms in total. The van der Waals surface area contributed by atoms with Crippen LogP contribution in [0.1, 0.15) is 5.56 Å². The summed E-state index contributed by atoms with van der Waals surface area (Å²) in [6, 6.07) is 13.9. The molecule has 0 aliphatic heterocycles. The Morgan fingerprint density at radius 2 is 1.60 bits per heavy atom. The number of ether oxygens (including phenoxy) is 1. The number of sulfone groups is 1. The highest BCUT2D eigenvalue weighted by atomic mass is 32.2. The van der Waals surface area contributed by atoms with E-state index in [9.17, 15) is 17.2 Å². The summed E-state index contributed by atoms with van der Waals surface area (Å²) in [7, 11) is -2.51. The van der Waals surface area contributed by atoms with E-state index in [-0.39, 0.29) is 15.4 Å². The van der Waals surface area contributed by atoms with Crippen LogP contribution in [0.4, 0.5) is 8.78 Å². The van der Waals surface area contributed by atoms with Crippen molar-refractivity contribution in [2.75, 3.05) is 7.11 Å². The van der Waals surface area contributed by atoms with Crippen LogP contribution in [0.25, 0.3) is 22.0 Å². The van der Waals surface area contributed by atoms with Gasteiger partial charge in [-0.2, -0.15) is 0 Å². The van der Waals surface area contributed by atoms with Gasteiger partial charge in [0.2, 0.25) is 9.84 Å². The van der Waals surface area contributed by atoms with Gasteiger partial charge in [0.1, 0.15) is 17.4 Å². The molecule has 0 unspecified atom stereocenters. The molecule has 4 aromatic rings. The number of pyridine rings is 1. The summed E-state index contributed by atoms with van der Waals surface area (Å²) < 4.78 is 59.8. The van der Waals surface area contributed by atoms with Gasteiger partial charge in [-0.15, -0.1) is 0 Å². The summed E-state index contributed by atoms with van der Waals surface area (Å²) in [4.78, 5) is 4.20. The van der Waals surface area contributed by atoms with Gasteiger partial charge in [-0.3, -0.25) is 4.98 Å². The van der Waals surface area contributed by atoms with Crippen molar-refractivity contribution in [2.45, 2.75) is 16.7 Å². The molecule has 0 aliphatic rings. The molecule has 0 amide bonds. The maximum atomic E-state index is 14.0. The molecule has 7 heteroatoms. The van der Waals surface area contributed by atoms with E-state index in [4.69, 9.17) is 4.74 Å². The molecule has 30 heavy (non-hydrogen) atoms. The molecule has 0 atom stereocenters. The highest BCUT2D eigenvalue weighted by Crippen LogP contribution is 2.37. The lowest BCUT2D eigenvalue weighted by Gasteiger charge is -2.15. The molecular formula is C23H17F2NO3S. The Labute approximate surface area is 172 Å². The van der Waals surface area contributed by atoms with Gasteiger partial charge < -0.3 is 4.74 Å². The first-order valence-corrected chi connectivity index (χ1v) is 10.5. The quantitative estimate of drug-likeness (QED) is 0.444. The number of nitrogens with zero attached hydrogens (tertiary/aromatic N) is 1. The van der Waals surface area contributed by atoms with Gasteiger partial charge in [0.05, 0.1) is 22.4 Å². The molecule has 0 radical (unpaired) electrons. The second kappa shape index (κ2) is 7.50. The van der Waals surface area contributed by atoms with Crippen LogP contribution in [0.3, 0.4) is 0 Å². The predicted molar refractivity (Wildman–Crippen MR) is 110 cm³/mol. The average molecular weight is 425 g/mol. The topological polar surface area (TPSA) is 56.3 Å². The van der Waals surface area contributed by atoms with Gasteiger partial charge >= 0.3 is 0 Å². The average Bonchev–Trinajstić information content (AvgIpc) is 2.73. The number of aromatic nitrogens is 1. The van der Waals surface area contributed by atoms with Gasteiger partial charge in [-0.05, 0) is 66.6 Å². The Balaban J connectivity index is 2.04. The van der Waals surface area contributed by atoms with Crippen LogP contribution in [-0.4, -0.2) is 20.5 Å². The molecule has 152 valence electrons. The molecule has 0 aliphatic carbocycles. The molecule has 0 fully saturated rings. The van der Waals surface area contributed by atoms with Crippen molar-refractivity contribution in [1.29, 1.82) is 0 Å². The first-order valence-electron chi connectivity index (χ1n) is 9.05. The van der Waals surface area contributed by atoms with E-state index in [1.165, 1.54) is 67.9 Å². The van der Waals surface area contributed by atoms with Crippen molar-refractivity contribution in [2.24, 2.45) is 0 Å². The number of aryl methyl sites for hydroxylation is 1. The molecule has 0 bridgehead atoms. The fraction of sp³-hybridized carbons (Fsp3) is 0.0870. The van der Waals surface area contributed by atoms with E-state index in [0.29, 0.717) is 27.8 Å². The van der Waals surface area contributed by atoms with Crippen molar-refractivity contribution >= 4 is 20.7 Å². The Hall–Kier alpha value is -3.32. The summed E-state index contributed by atoms with van der Waals surface area (Å²) in [5.41, 5.74) is 1.80. The van der Waals surface area contributed by atoms with E-state index in [1.807, 2.05) is 0 Å². The third-order valence-electron chi connectivity index (χ3n) is 4.89. The van der Waals surface area contributed by atoms with Crippen LogP contribution in [0.2, 0.25) is 0 Å². The largest absolute Gasteiger partial charge is 0.496 e. The molecule has 0 saturated carbocycles. The van der Waals surface area contributed by atoms with E-state index >= 15 is 0 Å². The van der Waals surface area contributed by atoms with Crippen LogP contribution in [-0.2, 0) is 9.84 Å². The first-order chi connectivity index (χ1) is 14.3. The lowest BCUT2D eigenvalue weighted by atomic mass is 10.0. The van der Waals surface area contributed by atoms with Crippen LogP contribution < -0.4 is 4.74 Å². The number of benzene rings is 3. The lowest BCUT2D eigenvalue weighted by Crippen LogP contribution is -2.06. The molecular weight excluding hydrogens is 408 g/mol. The Morgan fingerprint density at radius 3 is 2.27 bits per heavy atom. The maximum absolute atomic E-state index is 14.0. The standard InChI is InChI=1S/C23H17F2NO3S/c1-14-11-18(8-10-21(14)29-2)30(27,28)22-13-26-20-9-7-17(25)12-19(20)23(22)15-3-5-16(24)6-4-15/h3-13H,1-2H3. The fourth-order valence-electron chi connectivity index (χ4n) is 3.41. The minimum absolute atomic E-state index is 0.0571. The number of hydrogen-bond acceptors (Lipinski definition) is 4. The van der Waals surface area contributed by atoms with Crippen LogP contribution >= 0.6 is 0 Å². The second-order valence-electron chi connectivity index (χ2n) is 6.80. The lowest BCUT2D eigenvalue weighted by molar-refractivity contribution is 0.411. The van der Waals surface area contributed by atoms with Gasteiger partial charge in [0.15, 0.2) is 0 Å². The highest BCUT2D eigenvalue weighted by molar-refractivity contribution is 7.91. The Morgan fingerprint density at radius 1 is 0.900 bits per heavy atom. The third-order valence-corrected chi connectivity index (χ3v) is 6.66. The predicted octanol–water partition coefficient (Wildman–Crippen LogP) is 5.33. The summed E-state index contributed by atoms with van der Waals surface area (Å²) in [6.45, 7) is 1.74. The second-order valence-corrected chi connectivity index (χ2v) is 8.72. The number of halogens is 2. The number of methoxy groups -OCH3 is 1. The summed E-state index contributed by atoms with van der Waals surface area (Å²) in [5, 5.41) is 0.327. The Bertz CT molecular complexity index is 1370. The van der Waals surface area contributed by atoms with Crippen LogP contribution in [0.5, 0.6) is 5.75 Å². The zero-order chi connectivity index (χ0) is 21.5. The van der Waals surface area contributed by atoms with Crippen molar-refractivity contribution < 1.29 is 21.9 Å². The van der Waals surface area contributed by atoms with E-state index in [0.717, 1.165) is 0 Å². The number of fused-ring (bicyclic) bond motifs is 1. The van der Waals surface area contributed by atoms with E-state index < -0.39 is 21.5 Å².